The molecule has 0 bridgehead atoms. The van der Waals surface area contributed by atoms with Gasteiger partial charge in [0.15, 0.2) is 5.82 Å². The summed E-state index contributed by atoms with van der Waals surface area (Å²) in [4.78, 5) is 16.4. The number of aromatic nitrogens is 2. The Bertz CT molecular complexity index is 993. The lowest BCUT2D eigenvalue weighted by molar-refractivity contribution is -0.922. The molecule has 27 heavy (non-hydrogen) atoms. The van der Waals surface area contributed by atoms with Crippen LogP contribution in [0.4, 0.5) is 11.5 Å². The molecule has 2 aliphatic rings. The number of anilines is 2. The predicted molar refractivity (Wildman–Crippen MR) is 109 cm³/mol. The number of hydrogen-bond donors (Lipinski definition) is 1. The van der Waals surface area contributed by atoms with Gasteiger partial charge in [0.05, 0.1) is 18.6 Å². The highest BCUT2D eigenvalue weighted by atomic mass is 32.1. The van der Waals surface area contributed by atoms with E-state index in [4.69, 9.17) is 14.7 Å². The highest BCUT2D eigenvalue weighted by Gasteiger charge is 2.26. The quantitative estimate of drug-likeness (QED) is 0.757. The minimum Gasteiger partial charge on any atom is -0.370 e. The molecule has 2 aromatic heterocycles. The molecule has 0 aliphatic carbocycles. The van der Waals surface area contributed by atoms with Crippen LogP contribution in [-0.2, 0) is 17.7 Å². The molecule has 1 aromatic carbocycles. The van der Waals surface area contributed by atoms with Crippen molar-refractivity contribution in [2.24, 2.45) is 0 Å². The van der Waals surface area contributed by atoms with E-state index in [1.165, 1.54) is 32.0 Å². The van der Waals surface area contributed by atoms with Gasteiger partial charge >= 0.3 is 0 Å². The molecule has 140 valence electrons. The second-order valence-corrected chi connectivity index (χ2v) is 8.70. The highest BCUT2D eigenvalue weighted by Crippen LogP contribution is 2.40. The summed E-state index contributed by atoms with van der Waals surface area (Å²) in [5.41, 5.74) is 4.03. The monoisotopic (exact) mass is 381 g/mol. The Morgan fingerprint density at radius 2 is 1.96 bits per heavy atom. The Balaban J connectivity index is 1.61. The summed E-state index contributed by atoms with van der Waals surface area (Å²) in [7, 11) is 0. The summed E-state index contributed by atoms with van der Waals surface area (Å²) in [5, 5.41) is 1.23. The summed E-state index contributed by atoms with van der Waals surface area (Å²) < 4.78 is 5.50. The molecule has 3 aromatic rings. The van der Waals surface area contributed by atoms with Crippen molar-refractivity contribution in [3.05, 3.63) is 46.1 Å². The second-order valence-electron chi connectivity index (χ2n) is 7.50. The highest BCUT2D eigenvalue weighted by molar-refractivity contribution is 7.18. The maximum absolute atomic E-state index is 5.50. The first-order valence-corrected chi connectivity index (χ1v) is 10.6. The number of quaternary nitrogens is 1. The molecule has 1 fully saturated rings. The number of rotatable bonds is 3. The number of aryl methyl sites for hydroxylation is 2. The fourth-order valence-electron chi connectivity index (χ4n) is 4.16. The summed E-state index contributed by atoms with van der Waals surface area (Å²) in [6, 6.07) is 8.71. The number of ether oxygens (including phenoxy) is 1. The van der Waals surface area contributed by atoms with E-state index < -0.39 is 0 Å². The van der Waals surface area contributed by atoms with Crippen LogP contribution in [0.25, 0.3) is 10.2 Å². The van der Waals surface area contributed by atoms with Crippen molar-refractivity contribution in [3.63, 3.8) is 0 Å². The van der Waals surface area contributed by atoms with E-state index in [0.717, 1.165) is 62.3 Å². The number of fused-ring (bicyclic) bond motifs is 2. The van der Waals surface area contributed by atoms with Gasteiger partial charge in [-0.2, -0.15) is 0 Å². The largest absolute Gasteiger partial charge is 0.370 e. The fraction of sp³-hybridized carbons (Fsp3) is 0.429. The SMILES string of the molecule is Cc1sc2nc(C[NH+]3CCOCC3)nc(N3CCc4ccccc43)c2c1C. The van der Waals surface area contributed by atoms with Gasteiger partial charge in [-0.15, -0.1) is 11.3 Å². The Hall–Kier alpha value is -2.02. The van der Waals surface area contributed by atoms with Crippen molar-refractivity contribution < 1.29 is 9.64 Å². The zero-order valence-corrected chi connectivity index (χ0v) is 16.7. The van der Waals surface area contributed by atoms with Crippen LogP contribution < -0.4 is 9.80 Å². The zero-order valence-electron chi connectivity index (χ0n) is 15.9. The van der Waals surface area contributed by atoms with Gasteiger partial charge in [-0.25, -0.2) is 9.97 Å². The Morgan fingerprint density at radius 1 is 1.15 bits per heavy atom. The van der Waals surface area contributed by atoms with Gasteiger partial charge in [-0.3, -0.25) is 0 Å². The van der Waals surface area contributed by atoms with Crippen LogP contribution in [0.3, 0.4) is 0 Å². The van der Waals surface area contributed by atoms with E-state index in [1.54, 1.807) is 11.3 Å². The van der Waals surface area contributed by atoms with E-state index in [0.29, 0.717) is 0 Å². The number of thiophene rings is 1. The maximum atomic E-state index is 5.50. The Kier molecular flexibility index (Phi) is 4.34. The predicted octanol–water partition coefficient (Wildman–Crippen LogP) is 2.42. The maximum Gasteiger partial charge on any atom is 0.187 e. The molecule has 4 heterocycles. The molecule has 0 spiro atoms. The fourth-order valence-corrected chi connectivity index (χ4v) is 5.21. The Labute approximate surface area is 163 Å². The van der Waals surface area contributed by atoms with E-state index in [9.17, 15) is 0 Å². The molecular formula is C21H25N4OS+. The van der Waals surface area contributed by atoms with Crippen LogP contribution >= 0.6 is 11.3 Å². The minimum atomic E-state index is 0.834. The summed E-state index contributed by atoms with van der Waals surface area (Å²) in [6.45, 7) is 9.99. The van der Waals surface area contributed by atoms with Crippen molar-refractivity contribution in [2.45, 2.75) is 26.8 Å². The van der Waals surface area contributed by atoms with Crippen molar-refractivity contribution in [3.8, 4) is 0 Å². The van der Waals surface area contributed by atoms with E-state index in [1.807, 2.05) is 0 Å². The smallest absolute Gasteiger partial charge is 0.187 e. The molecule has 0 unspecified atom stereocenters. The van der Waals surface area contributed by atoms with Crippen molar-refractivity contribution >= 4 is 33.1 Å². The molecule has 6 heteroatoms. The van der Waals surface area contributed by atoms with E-state index in [-0.39, 0.29) is 0 Å². The first-order chi connectivity index (χ1) is 13.2. The topological polar surface area (TPSA) is 42.7 Å². The standard InChI is InChI=1S/C21H24N4OS/c1-14-15(2)27-21-19(14)20(25-8-7-16-5-3-4-6-17(16)25)22-18(23-21)13-24-9-11-26-12-10-24/h3-6H,7-13H2,1-2H3/p+1. The molecule has 5 nitrogen and oxygen atoms in total. The molecule has 0 amide bonds. The summed E-state index contributed by atoms with van der Waals surface area (Å²) in [6.07, 6.45) is 1.08. The Morgan fingerprint density at radius 3 is 2.81 bits per heavy atom. The van der Waals surface area contributed by atoms with Gasteiger partial charge in [0.2, 0.25) is 0 Å². The zero-order chi connectivity index (χ0) is 18.4. The third kappa shape index (κ3) is 3.02. The molecule has 0 radical (unpaired) electrons. The van der Waals surface area contributed by atoms with Crippen molar-refractivity contribution in [2.75, 3.05) is 37.7 Å². The van der Waals surface area contributed by atoms with Gasteiger partial charge in [0.25, 0.3) is 0 Å². The van der Waals surface area contributed by atoms with Gasteiger partial charge < -0.3 is 14.5 Å². The number of nitrogens with one attached hydrogen (secondary N) is 1. The molecule has 0 atom stereocenters. The average molecular weight is 382 g/mol. The molecule has 2 aliphatic heterocycles. The molecule has 5 rings (SSSR count). The van der Waals surface area contributed by atoms with Crippen LogP contribution in [0, 0.1) is 13.8 Å². The van der Waals surface area contributed by atoms with Gasteiger partial charge in [0, 0.05) is 17.1 Å². The first-order valence-electron chi connectivity index (χ1n) is 9.74. The second kappa shape index (κ2) is 6.86. The van der Waals surface area contributed by atoms with Gasteiger partial charge in [-0.1, -0.05) is 18.2 Å². The summed E-state index contributed by atoms with van der Waals surface area (Å²) in [5.74, 6) is 2.05. The average Bonchev–Trinajstić information content (AvgIpc) is 3.23. The van der Waals surface area contributed by atoms with Crippen LogP contribution in [0.2, 0.25) is 0 Å². The normalized spacial score (nSPS) is 17.6. The minimum absolute atomic E-state index is 0.834. The third-order valence-corrected chi connectivity index (χ3v) is 6.91. The van der Waals surface area contributed by atoms with Gasteiger partial charge in [-0.05, 0) is 37.5 Å². The van der Waals surface area contributed by atoms with Crippen LogP contribution in [0.15, 0.2) is 24.3 Å². The van der Waals surface area contributed by atoms with E-state index >= 15 is 0 Å². The number of para-hydroxylation sites is 1. The van der Waals surface area contributed by atoms with Crippen LogP contribution in [-0.4, -0.2) is 42.8 Å². The lowest BCUT2D eigenvalue weighted by Crippen LogP contribution is -3.12. The summed E-state index contributed by atoms with van der Waals surface area (Å²) >= 11 is 1.80. The number of nitrogens with zero attached hydrogens (tertiary/aromatic N) is 3. The van der Waals surface area contributed by atoms with Crippen molar-refractivity contribution in [1.82, 2.24) is 9.97 Å². The first kappa shape index (κ1) is 17.1. The molecular weight excluding hydrogens is 356 g/mol. The van der Waals surface area contributed by atoms with Crippen LogP contribution in [0.5, 0.6) is 0 Å². The van der Waals surface area contributed by atoms with Crippen molar-refractivity contribution in [1.29, 1.82) is 0 Å². The lowest BCUT2D eigenvalue weighted by Gasteiger charge is -2.24. The third-order valence-electron chi connectivity index (χ3n) is 5.81. The van der Waals surface area contributed by atoms with E-state index in [2.05, 4.69) is 43.0 Å². The lowest BCUT2D eigenvalue weighted by atomic mass is 10.1. The number of benzene rings is 1. The number of morpholine rings is 1. The van der Waals surface area contributed by atoms with Crippen LogP contribution in [0.1, 0.15) is 21.8 Å². The molecule has 1 saturated heterocycles. The molecule has 0 saturated carbocycles. The molecule has 1 N–H and O–H groups in total. The van der Waals surface area contributed by atoms with Gasteiger partial charge in [0.1, 0.15) is 30.3 Å². The number of hydrogen-bond acceptors (Lipinski definition) is 5.